The average Bonchev–Trinajstić information content (AvgIpc) is 2.53. The third kappa shape index (κ3) is 1.65. The van der Waals surface area contributed by atoms with Crippen molar-refractivity contribution in [2.45, 2.75) is 20.3 Å². The topological polar surface area (TPSA) is 68.6 Å². The van der Waals surface area contributed by atoms with Gasteiger partial charge in [0.05, 0.1) is 11.9 Å². The van der Waals surface area contributed by atoms with E-state index in [1.807, 2.05) is 24.9 Å². The zero-order valence-electron chi connectivity index (χ0n) is 9.23. The van der Waals surface area contributed by atoms with Crippen LogP contribution in [-0.2, 0) is 7.05 Å². The molecule has 1 aliphatic rings. The Morgan fingerprint density at radius 3 is 2.73 bits per heavy atom. The summed E-state index contributed by atoms with van der Waals surface area (Å²) in [7, 11) is 1.92. The van der Waals surface area contributed by atoms with E-state index in [0.29, 0.717) is 5.84 Å². The molecule has 0 aromatic carbocycles. The molecule has 1 aliphatic heterocycles. The number of amidine groups is 1. The van der Waals surface area contributed by atoms with E-state index in [-0.39, 0.29) is 5.92 Å². The van der Waals surface area contributed by atoms with Gasteiger partial charge in [0.15, 0.2) is 0 Å². The summed E-state index contributed by atoms with van der Waals surface area (Å²) in [4.78, 5) is 0. The van der Waals surface area contributed by atoms with Crippen LogP contribution in [0, 0.1) is 12.8 Å². The zero-order valence-corrected chi connectivity index (χ0v) is 9.23. The van der Waals surface area contributed by atoms with E-state index in [9.17, 15) is 0 Å². The highest BCUT2D eigenvalue weighted by Crippen LogP contribution is 2.17. The van der Waals surface area contributed by atoms with E-state index >= 15 is 0 Å². The first-order chi connectivity index (χ1) is 7.09. The van der Waals surface area contributed by atoms with Crippen molar-refractivity contribution in [3.8, 4) is 0 Å². The van der Waals surface area contributed by atoms with E-state index in [0.717, 1.165) is 23.4 Å². The summed E-state index contributed by atoms with van der Waals surface area (Å²) < 4.78 is 1.84. The zero-order chi connectivity index (χ0) is 11.0. The van der Waals surface area contributed by atoms with Gasteiger partial charge in [-0.15, -0.1) is 5.10 Å². The van der Waals surface area contributed by atoms with E-state index in [4.69, 9.17) is 5.73 Å². The molecule has 0 amide bonds. The Bertz CT molecular complexity index is 441. The number of aromatic nitrogens is 2. The minimum absolute atomic E-state index is 0.261. The molecule has 1 atom stereocenters. The average molecular weight is 205 g/mol. The second kappa shape index (κ2) is 3.49. The van der Waals surface area contributed by atoms with E-state index in [2.05, 4.69) is 22.2 Å². The molecule has 1 unspecified atom stereocenters. The van der Waals surface area contributed by atoms with Crippen molar-refractivity contribution in [1.82, 2.24) is 9.78 Å². The van der Waals surface area contributed by atoms with Gasteiger partial charge in [-0.3, -0.25) is 4.68 Å². The largest absolute Gasteiger partial charge is 0.385 e. The molecule has 0 saturated carbocycles. The van der Waals surface area contributed by atoms with Crippen LogP contribution in [0.25, 0.3) is 0 Å². The van der Waals surface area contributed by atoms with Gasteiger partial charge in [-0.25, -0.2) is 0 Å². The third-order valence-electron chi connectivity index (χ3n) is 2.84. The van der Waals surface area contributed by atoms with Gasteiger partial charge in [0.2, 0.25) is 0 Å². The molecule has 0 spiro atoms. The normalized spacial score (nSPS) is 21.1. The minimum Gasteiger partial charge on any atom is -0.385 e. The molecule has 0 radical (unpaired) electrons. The number of nitrogens with two attached hydrogens (primary N) is 1. The van der Waals surface area contributed by atoms with Crippen LogP contribution in [0.3, 0.4) is 0 Å². The quantitative estimate of drug-likeness (QED) is 0.737. The summed E-state index contributed by atoms with van der Waals surface area (Å²) in [6.07, 6.45) is 2.67. The molecule has 2 rings (SSSR count). The van der Waals surface area contributed by atoms with Crippen LogP contribution in [0.5, 0.6) is 0 Å². The molecule has 15 heavy (non-hydrogen) atoms. The highest BCUT2D eigenvalue weighted by atomic mass is 15.3. The molecule has 1 aromatic heterocycles. The van der Waals surface area contributed by atoms with Crippen molar-refractivity contribution in [3.63, 3.8) is 0 Å². The highest BCUT2D eigenvalue weighted by molar-refractivity contribution is 6.05. The number of aryl methyl sites for hydroxylation is 1. The molecular weight excluding hydrogens is 190 g/mol. The van der Waals surface area contributed by atoms with Gasteiger partial charge in [0.1, 0.15) is 5.84 Å². The fourth-order valence-electron chi connectivity index (χ4n) is 1.60. The molecule has 5 heteroatoms. The van der Waals surface area contributed by atoms with Crippen LogP contribution >= 0.6 is 0 Å². The number of hydrogen-bond acceptors (Lipinski definition) is 4. The molecule has 0 fully saturated rings. The van der Waals surface area contributed by atoms with Gasteiger partial charge in [0, 0.05) is 30.6 Å². The fourth-order valence-corrected chi connectivity index (χ4v) is 1.60. The SMILES string of the molecule is Cc1c(C2=NN=C(N)C(C)C2)cnn1C. The van der Waals surface area contributed by atoms with E-state index < -0.39 is 0 Å². The maximum absolute atomic E-state index is 5.68. The van der Waals surface area contributed by atoms with Crippen molar-refractivity contribution in [3.05, 3.63) is 17.5 Å². The molecule has 80 valence electrons. The van der Waals surface area contributed by atoms with Crippen molar-refractivity contribution in [2.75, 3.05) is 0 Å². The molecule has 0 saturated heterocycles. The first-order valence-corrected chi connectivity index (χ1v) is 4.98. The van der Waals surface area contributed by atoms with Crippen molar-refractivity contribution < 1.29 is 0 Å². The van der Waals surface area contributed by atoms with Crippen LogP contribution in [0.4, 0.5) is 0 Å². The Kier molecular flexibility index (Phi) is 2.30. The van der Waals surface area contributed by atoms with Crippen molar-refractivity contribution >= 4 is 11.5 Å². The molecule has 2 heterocycles. The molecular formula is C10H15N5. The van der Waals surface area contributed by atoms with Crippen LogP contribution in [0.15, 0.2) is 16.4 Å². The monoisotopic (exact) mass is 205 g/mol. The summed E-state index contributed by atoms with van der Waals surface area (Å²) in [5.74, 6) is 0.873. The van der Waals surface area contributed by atoms with E-state index in [1.54, 1.807) is 0 Å². The first-order valence-electron chi connectivity index (χ1n) is 4.98. The summed E-state index contributed by atoms with van der Waals surface area (Å²) in [5.41, 5.74) is 8.84. The standard InChI is InChI=1S/C10H15N5/c1-6-4-9(13-14-10(6)11)8-5-12-15(3)7(8)2/h5-6H,4H2,1-3H3,(H2,11,14). The van der Waals surface area contributed by atoms with Gasteiger partial charge < -0.3 is 5.73 Å². The lowest BCUT2D eigenvalue weighted by Crippen LogP contribution is -2.27. The Morgan fingerprint density at radius 2 is 2.20 bits per heavy atom. The number of nitrogens with zero attached hydrogens (tertiary/aromatic N) is 4. The Hall–Kier alpha value is -1.65. The van der Waals surface area contributed by atoms with Crippen molar-refractivity contribution in [2.24, 2.45) is 28.9 Å². The predicted molar refractivity (Wildman–Crippen MR) is 59.9 cm³/mol. The predicted octanol–water partition coefficient (Wildman–Crippen LogP) is 0.830. The molecule has 0 aliphatic carbocycles. The van der Waals surface area contributed by atoms with Crippen LogP contribution in [0.2, 0.25) is 0 Å². The van der Waals surface area contributed by atoms with Gasteiger partial charge in [-0.05, 0) is 6.92 Å². The Labute approximate surface area is 88.7 Å². The smallest absolute Gasteiger partial charge is 0.125 e. The van der Waals surface area contributed by atoms with E-state index in [1.165, 1.54) is 0 Å². The van der Waals surface area contributed by atoms with Crippen LogP contribution in [-0.4, -0.2) is 21.3 Å². The Balaban J connectivity index is 2.37. The lowest BCUT2D eigenvalue weighted by molar-refractivity contribution is 0.739. The second-order valence-electron chi connectivity index (χ2n) is 3.94. The third-order valence-corrected chi connectivity index (χ3v) is 2.84. The molecule has 0 bridgehead atoms. The highest BCUT2D eigenvalue weighted by Gasteiger charge is 2.19. The molecule has 5 nitrogen and oxygen atoms in total. The van der Waals surface area contributed by atoms with Gasteiger partial charge in [0.25, 0.3) is 0 Å². The molecule has 1 aromatic rings. The maximum Gasteiger partial charge on any atom is 0.125 e. The Morgan fingerprint density at radius 1 is 1.47 bits per heavy atom. The number of hydrogen-bond donors (Lipinski definition) is 1. The second-order valence-corrected chi connectivity index (χ2v) is 3.94. The lowest BCUT2D eigenvalue weighted by Gasteiger charge is -2.15. The summed E-state index contributed by atoms with van der Waals surface area (Å²) in [5, 5.41) is 12.3. The lowest BCUT2D eigenvalue weighted by atomic mass is 9.98. The van der Waals surface area contributed by atoms with Gasteiger partial charge in [-0.1, -0.05) is 6.92 Å². The maximum atomic E-state index is 5.68. The molecule has 2 N–H and O–H groups in total. The fraction of sp³-hybridized carbons (Fsp3) is 0.500. The van der Waals surface area contributed by atoms with Crippen LogP contribution in [0.1, 0.15) is 24.6 Å². The first kappa shape index (κ1) is 9.89. The summed E-state index contributed by atoms with van der Waals surface area (Å²) in [6.45, 7) is 4.08. The summed E-state index contributed by atoms with van der Waals surface area (Å²) in [6, 6.07) is 0. The number of rotatable bonds is 1. The van der Waals surface area contributed by atoms with Gasteiger partial charge in [-0.2, -0.15) is 10.2 Å². The van der Waals surface area contributed by atoms with Crippen LogP contribution < -0.4 is 5.73 Å². The summed E-state index contributed by atoms with van der Waals surface area (Å²) >= 11 is 0. The van der Waals surface area contributed by atoms with Crippen molar-refractivity contribution in [1.29, 1.82) is 0 Å². The minimum atomic E-state index is 0.261. The van der Waals surface area contributed by atoms with Gasteiger partial charge >= 0.3 is 0 Å².